The summed E-state index contributed by atoms with van der Waals surface area (Å²) in [6.07, 6.45) is 0.321. The Bertz CT molecular complexity index is 567. The number of hydroxylamine groups is 1. The van der Waals surface area contributed by atoms with Gasteiger partial charge in [0.05, 0.1) is 19.1 Å². The lowest BCUT2D eigenvalue weighted by Gasteiger charge is -2.26. The number of carbonyl (C=O) groups is 2. The van der Waals surface area contributed by atoms with Gasteiger partial charge >= 0.3 is 0 Å². The summed E-state index contributed by atoms with van der Waals surface area (Å²) in [4.78, 5) is 25.4. The van der Waals surface area contributed by atoms with Gasteiger partial charge in [0.25, 0.3) is 5.91 Å². The average Bonchev–Trinajstić information content (AvgIpc) is 2.70. The Hall–Kier alpha value is -1.77. The first-order valence-corrected chi connectivity index (χ1v) is 7.05. The average molecular weight is 342 g/mol. The highest BCUT2D eigenvalue weighted by Crippen LogP contribution is 2.26. The van der Waals surface area contributed by atoms with Crippen LogP contribution in [0.1, 0.15) is 29.3 Å². The molecule has 8 heteroatoms. The Morgan fingerprint density at radius 2 is 2.22 bits per heavy atom. The fourth-order valence-corrected chi connectivity index (χ4v) is 2.33. The van der Waals surface area contributed by atoms with E-state index < -0.39 is 5.91 Å². The largest absolute Gasteiger partial charge is 0.491 e. The first-order chi connectivity index (χ1) is 10.6. The summed E-state index contributed by atoms with van der Waals surface area (Å²) in [5.74, 6) is -0.0466. The number of amides is 2. The van der Waals surface area contributed by atoms with Crippen molar-refractivity contribution in [3.05, 3.63) is 29.3 Å². The molecule has 1 atom stereocenters. The van der Waals surface area contributed by atoms with Crippen LogP contribution in [0.15, 0.2) is 18.2 Å². The topological polar surface area (TPSA) is 88.1 Å². The van der Waals surface area contributed by atoms with Crippen molar-refractivity contribution in [3.63, 3.8) is 0 Å². The van der Waals surface area contributed by atoms with Crippen molar-refractivity contribution in [2.75, 3.05) is 20.3 Å². The standard InChI is InChI=1S/C15H20N2O5.H2S/c1-10-9-22-13-7-11(15(19)16-20)3-4-12(13)8-17(10)14(18)5-6-21-2;/h3-4,7,10,20H,5-6,8-9H2,1-2H3,(H,16,19);1H2/t10-;/m0./s1. The van der Waals surface area contributed by atoms with Crippen molar-refractivity contribution in [3.8, 4) is 5.75 Å². The molecule has 0 saturated heterocycles. The van der Waals surface area contributed by atoms with Crippen LogP contribution in [0.5, 0.6) is 5.75 Å². The third kappa shape index (κ3) is 4.60. The summed E-state index contributed by atoms with van der Waals surface area (Å²) >= 11 is 0. The van der Waals surface area contributed by atoms with E-state index in [4.69, 9.17) is 14.7 Å². The number of nitrogens with one attached hydrogen (secondary N) is 1. The maximum absolute atomic E-state index is 12.2. The maximum atomic E-state index is 12.2. The van der Waals surface area contributed by atoms with Gasteiger partial charge in [-0.15, -0.1) is 0 Å². The molecule has 0 bridgehead atoms. The lowest BCUT2D eigenvalue weighted by molar-refractivity contribution is -0.135. The van der Waals surface area contributed by atoms with Gasteiger partial charge in [-0.3, -0.25) is 14.8 Å². The number of rotatable bonds is 4. The summed E-state index contributed by atoms with van der Waals surface area (Å²) in [5, 5.41) is 8.68. The first-order valence-electron chi connectivity index (χ1n) is 7.05. The number of ether oxygens (including phenoxy) is 2. The highest BCUT2D eigenvalue weighted by Gasteiger charge is 2.25. The summed E-state index contributed by atoms with van der Waals surface area (Å²) in [6.45, 7) is 3.05. The lowest BCUT2D eigenvalue weighted by atomic mass is 10.1. The smallest absolute Gasteiger partial charge is 0.274 e. The molecule has 0 fully saturated rings. The SMILES string of the molecule is COCCC(=O)N1Cc2ccc(C(=O)NO)cc2OC[C@@H]1C.S. The van der Waals surface area contributed by atoms with Crippen LogP contribution in [-0.4, -0.2) is 48.3 Å². The van der Waals surface area contributed by atoms with Gasteiger partial charge in [-0.05, 0) is 19.1 Å². The Balaban J connectivity index is 0.00000264. The van der Waals surface area contributed by atoms with Crippen molar-refractivity contribution < 1.29 is 24.3 Å². The highest BCUT2D eigenvalue weighted by atomic mass is 32.1. The van der Waals surface area contributed by atoms with Crippen LogP contribution in [-0.2, 0) is 16.1 Å². The Kier molecular flexibility index (Phi) is 7.34. The molecule has 7 nitrogen and oxygen atoms in total. The molecule has 0 unspecified atom stereocenters. The molecule has 128 valence electrons. The molecule has 0 saturated carbocycles. The molecule has 2 rings (SSSR count). The predicted molar refractivity (Wildman–Crippen MR) is 88.1 cm³/mol. The van der Waals surface area contributed by atoms with Crippen molar-refractivity contribution in [1.29, 1.82) is 0 Å². The fourth-order valence-electron chi connectivity index (χ4n) is 2.33. The van der Waals surface area contributed by atoms with Crippen LogP contribution in [0, 0.1) is 0 Å². The van der Waals surface area contributed by atoms with Gasteiger partial charge in [-0.25, -0.2) is 5.48 Å². The molecule has 0 aromatic heterocycles. The second-order valence-electron chi connectivity index (χ2n) is 5.19. The van der Waals surface area contributed by atoms with E-state index in [9.17, 15) is 9.59 Å². The zero-order valence-corrected chi connectivity index (χ0v) is 14.2. The highest BCUT2D eigenvalue weighted by molar-refractivity contribution is 7.59. The van der Waals surface area contributed by atoms with Gasteiger partial charge in [0.15, 0.2) is 0 Å². The van der Waals surface area contributed by atoms with E-state index in [1.807, 2.05) is 6.92 Å². The minimum atomic E-state index is -0.600. The van der Waals surface area contributed by atoms with Crippen LogP contribution in [0.25, 0.3) is 0 Å². The van der Waals surface area contributed by atoms with E-state index in [2.05, 4.69) is 0 Å². The quantitative estimate of drug-likeness (QED) is 0.631. The van der Waals surface area contributed by atoms with Crippen molar-refractivity contribution in [1.82, 2.24) is 10.4 Å². The van der Waals surface area contributed by atoms with Crippen LogP contribution in [0.3, 0.4) is 0 Å². The Morgan fingerprint density at radius 3 is 2.87 bits per heavy atom. The maximum Gasteiger partial charge on any atom is 0.274 e. The molecule has 1 aliphatic heterocycles. The molecule has 0 aliphatic carbocycles. The fraction of sp³-hybridized carbons (Fsp3) is 0.467. The molecule has 0 spiro atoms. The number of benzene rings is 1. The summed E-state index contributed by atoms with van der Waals surface area (Å²) < 4.78 is 10.6. The summed E-state index contributed by atoms with van der Waals surface area (Å²) in [5.41, 5.74) is 2.71. The van der Waals surface area contributed by atoms with Gasteiger partial charge in [-0.1, -0.05) is 6.07 Å². The summed E-state index contributed by atoms with van der Waals surface area (Å²) in [6, 6.07) is 4.80. The second kappa shape index (κ2) is 8.76. The van der Waals surface area contributed by atoms with Crippen molar-refractivity contribution in [2.45, 2.75) is 25.9 Å². The molecular formula is C15H22N2O5S. The van der Waals surface area contributed by atoms with Crippen molar-refractivity contribution in [2.24, 2.45) is 0 Å². The minimum absolute atomic E-state index is 0. The Morgan fingerprint density at radius 1 is 1.48 bits per heavy atom. The second-order valence-corrected chi connectivity index (χ2v) is 5.19. The van der Waals surface area contributed by atoms with E-state index in [0.717, 1.165) is 5.56 Å². The third-order valence-electron chi connectivity index (χ3n) is 3.62. The monoisotopic (exact) mass is 342 g/mol. The molecule has 1 aromatic carbocycles. The number of nitrogens with zero attached hydrogens (tertiary/aromatic N) is 1. The van der Waals surface area contributed by atoms with E-state index in [0.29, 0.717) is 37.5 Å². The van der Waals surface area contributed by atoms with Crippen LogP contribution < -0.4 is 10.2 Å². The van der Waals surface area contributed by atoms with Gasteiger partial charge in [0, 0.05) is 24.8 Å². The molecule has 1 aromatic rings. The number of hydrogen-bond donors (Lipinski definition) is 2. The number of methoxy groups -OCH3 is 1. The van der Waals surface area contributed by atoms with Gasteiger partial charge in [0.2, 0.25) is 5.91 Å². The van der Waals surface area contributed by atoms with Crippen molar-refractivity contribution >= 4 is 25.3 Å². The number of hydrogen-bond acceptors (Lipinski definition) is 5. The van der Waals surface area contributed by atoms with E-state index in [1.54, 1.807) is 35.7 Å². The van der Waals surface area contributed by atoms with E-state index >= 15 is 0 Å². The molecule has 2 N–H and O–H groups in total. The molecule has 0 radical (unpaired) electrons. The molecule has 1 aliphatic rings. The van der Waals surface area contributed by atoms with E-state index in [-0.39, 0.29) is 25.4 Å². The zero-order chi connectivity index (χ0) is 16.1. The third-order valence-corrected chi connectivity index (χ3v) is 3.62. The number of carbonyl (C=O) groups excluding carboxylic acids is 2. The van der Waals surface area contributed by atoms with Gasteiger partial charge in [-0.2, -0.15) is 13.5 Å². The van der Waals surface area contributed by atoms with Crippen LogP contribution in [0.4, 0.5) is 0 Å². The summed E-state index contributed by atoms with van der Waals surface area (Å²) in [7, 11) is 1.56. The normalized spacial score (nSPS) is 16.5. The molecule has 2 amide bonds. The first kappa shape index (κ1) is 19.3. The lowest BCUT2D eigenvalue weighted by Crippen LogP contribution is -2.40. The minimum Gasteiger partial charge on any atom is -0.491 e. The van der Waals surface area contributed by atoms with Crippen LogP contribution >= 0.6 is 13.5 Å². The predicted octanol–water partition coefficient (Wildman–Crippen LogP) is 1.06. The van der Waals surface area contributed by atoms with Gasteiger partial charge < -0.3 is 14.4 Å². The van der Waals surface area contributed by atoms with Crippen LogP contribution in [0.2, 0.25) is 0 Å². The number of fused-ring (bicyclic) bond motifs is 1. The van der Waals surface area contributed by atoms with E-state index in [1.165, 1.54) is 0 Å². The molecular weight excluding hydrogens is 320 g/mol. The molecule has 1 heterocycles. The Labute approximate surface area is 142 Å². The van der Waals surface area contributed by atoms with Gasteiger partial charge in [0.1, 0.15) is 12.4 Å². The molecule has 23 heavy (non-hydrogen) atoms. The zero-order valence-electron chi connectivity index (χ0n) is 13.2.